The molecule has 2 rings (SSSR count). The number of hydrogen-bond acceptors (Lipinski definition) is 4. The first-order chi connectivity index (χ1) is 6.02. The second kappa shape index (κ2) is 2.93. The maximum Gasteiger partial charge on any atom is 0.153 e. The summed E-state index contributed by atoms with van der Waals surface area (Å²) >= 11 is 0. The molecule has 2 aliphatic rings. The quantitative estimate of drug-likeness (QED) is 0.632. The van der Waals surface area contributed by atoms with Crippen molar-refractivity contribution in [2.45, 2.75) is 18.4 Å². The van der Waals surface area contributed by atoms with Crippen molar-refractivity contribution in [2.75, 3.05) is 24.7 Å². The minimum Gasteiger partial charge on any atom is -0.388 e. The zero-order chi connectivity index (χ0) is 9.53. The Balaban J connectivity index is 2.13. The van der Waals surface area contributed by atoms with Crippen LogP contribution in [0.25, 0.3) is 0 Å². The van der Waals surface area contributed by atoms with E-state index < -0.39 is 15.4 Å². The summed E-state index contributed by atoms with van der Waals surface area (Å²) < 4.78 is 27.6. The predicted molar refractivity (Wildman–Crippen MR) is 47.1 cm³/mol. The van der Waals surface area contributed by atoms with E-state index in [4.69, 9.17) is 4.74 Å². The van der Waals surface area contributed by atoms with E-state index in [1.54, 1.807) is 0 Å². The topological polar surface area (TPSA) is 63.6 Å². The Hall–Kier alpha value is -0.130. The van der Waals surface area contributed by atoms with Crippen molar-refractivity contribution in [1.82, 2.24) is 0 Å². The highest BCUT2D eigenvalue weighted by Gasteiger charge is 2.47. The standard InChI is InChI=1S/C8H14O4S/c9-8(7-1-3-12-5-7)2-4-13(10,11)6-8/h7,9H,1-6H2. The molecule has 0 bridgehead atoms. The summed E-state index contributed by atoms with van der Waals surface area (Å²) in [5, 5.41) is 10.1. The molecular formula is C8H14O4S. The van der Waals surface area contributed by atoms with E-state index in [0.29, 0.717) is 19.6 Å². The smallest absolute Gasteiger partial charge is 0.153 e. The number of sulfone groups is 1. The van der Waals surface area contributed by atoms with Gasteiger partial charge in [-0.05, 0) is 12.8 Å². The molecule has 0 amide bonds. The fourth-order valence-electron chi connectivity index (χ4n) is 2.14. The van der Waals surface area contributed by atoms with Crippen molar-refractivity contribution >= 4 is 9.84 Å². The number of rotatable bonds is 1. The Morgan fingerprint density at radius 2 is 2.23 bits per heavy atom. The van der Waals surface area contributed by atoms with Gasteiger partial charge in [-0.25, -0.2) is 8.42 Å². The summed E-state index contributed by atoms with van der Waals surface area (Å²) in [7, 11) is -3.00. The highest BCUT2D eigenvalue weighted by molar-refractivity contribution is 7.91. The third-order valence-electron chi connectivity index (χ3n) is 3.01. The minimum atomic E-state index is -3.00. The number of aliphatic hydroxyl groups is 1. The Bertz CT molecular complexity index is 291. The van der Waals surface area contributed by atoms with Crippen LogP contribution < -0.4 is 0 Å². The molecule has 0 saturated carbocycles. The molecule has 76 valence electrons. The van der Waals surface area contributed by atoms with Crippen molar-refractivity contribution in [3.05, 3.63) is 0 Å². The summed E-state index contributed by atoms with van der Waals surface area (Å²) in [6.07, 6.45) is 1.16. The maximum atomic E-state index is 11.2. The van der Waals surface area contributed by atoms with Gasteiger partial charge in [-0.2, -0.15) is 0 Å². The largest absolute Gasteiger partial charge is 0.388 e. The van der Waals surface area contributed by atoms with Crippen molar-refractivity contribution < 1.29 is 18.3 Å². The van der Waals surface area contributed by atoms with Crippen LogP contribution in [-0.2, 0) is 14.6 Å². The van der Waals surface area contributed by atoms with Crippen molar-refractivity contribution in [3.8, 4) is 0 Å². The van der Waals surface area contributed by atoms with Crippen LogP contribution in [0, 0.1) is 5.92 Å². The average molecular weight is 206 g/mol. The summed E-state index contributed by atoms with van der Waals surface area (Å²) in [4.78, 5) is 0. The minimum absolute atomic E-state index is 0.0183. The molecule has 0 aromatic carbocycles. The van der Waals surface area contributed by atoms with Gasteiger partial charge in [0.1, 0.15) is 0 Å². The van der Waals surface area contributed by atoms with Crippen LogP contribution >= 0.6 is 0 Å². The first kappa shape index (κ1) is 9.43. The molecule has 0 aliphatic carbocycles. The lowest BCUT2D eigenvalue weighted by molar-refractivity contribution is 0.00187. The van der Waals surface area contributed by atoms with E-state index in [1.807, 2.05) is 0 Å². The molecule has 2 fully saturated rings. The second-order valence-electron chi connectivity index (χ2n) is 4.01. The zero-order valence-electron chi connectivity index (χ0n) is 7.40. The van der Waals surface area contributed by atoms with Gasteiger partial charge in [0.2, 0.25) is 0 Å². The van der Waals surface area contributed by atoms with Crippen LogP contribution in [0.4, 0.5) is 0 Å². The van der Waals surface area contributed by atoms with Gasteiger partial charge < -0.3 is 9.84 Å². The monoisotopic (exact) mass is 206 g/mol. The van der Waals surface area contributed by atoms with Gasteiger partial charge in [0.25, 0.3) is 0 Å². The van der Waals surface area contributed by atoms with E-state index in [2.05, 4.69) is 0 Å². The summed E-state index contributed by atoms with van der Waals surface area (Å²) in [6, 6.07) is 0. The Morgan fingerprint density at radius 3 is 2.69 bits per heavy atom. The van der Waals surface area contributed by atoms with Crippen LogP contribution in [0.15, 0.2) is 0 Å². The molecule has 1 N–H and O–H groups in total. The fraction of sp³-hybridized carbons (Fsp3) is 1.00. The highest BCUT2D eigenvalue weighted by Crippen LogP contribution is 2.35. The molecule has 2 atom stereocenters. The number of ether oxygens (including phenoxy) is 1. The highest BCUT2D eigenvalue weighted by atomic mass is 32.2. The zero-order valence-corrected chi connectivity index (χ0v) is 8.22. The third kappa shape index (κ3) is 1.73. The van der Waals surface area contributed by atoms with Crippen LogP contribution in [-0.4, -0.2) is 43.8 Å². The summed E-state index contributed by atoms with van der Waals surface area (Å²) in [5.74, 6) is 0.0679. The molecule has 2 heterocycles. The molecule has 0 aromatic heterocycles. The van der Waals surface area contributed by atoms with Gasteiger partial charge in [-0.3, -0.25) is 0 Å². The molecule has 5 heteroatoms. The molecule has 13 heavy (non-hydrogen) atoms. The molecular weight excluding hydrogens is 192 g/mol. The SMILES string of the molecule is O=S1(=O)CCC(O)(C2CCOC2)C1. The lowest BCUT2D eigenvalue weighted by Gasteiger charge is -2.26. The lowest BCUT2D eigenvalue weighted by Crippen LogP contribution is -2.39. The van der Waals surface area contributed by atoms with Crippen LogP contribution in [0.3, 0.4) is 0 Å². The van der Waals surface area contributed by atoms with Crippen molar-refractivity contribution in [2.24, 2.45) is 5.92 Å². The van der Waals surface area contributed by atoms with Gasteiger partial charge in [-0.15, -0.1) is 0 Å². The molecule has 2 aliphatic heterocycles. The van der Waals surface area contributed by atoms with Crippen molar-refractivity contribution in [3.63, 3.8) is 0 Å². The molecule has 4 nitrogen and oxygen atoms in total. The first-order valence-electron chi connectivity index (χ1n) is 4.52. The normalized spacial score (nSPS) is 43.9. The van der Waals surface area contributed by atoms with Gasteiger partial charge >= 0.3 is 0 Å². The van der Waals surface area contributed by atoms with Crippen LogP contribution in [0.2, 0.25) is 0 Å². The number of hydrogen-bond donors (Lipinski definition) is 1. The van der Waals surface area contributed by atoms with E-state index in [0.717, 1.165) is 6.42 Å². The van der Waals surface area contributed by atoms with Crippen molar-refractivity contribution in [1.29, 1.82) is 0 Å². The van der Waals surface area contributed by atoms with E-state index in [-0.39, 0.29) is 17.4 Å². The molecule has 2 saturated heterocycles. The fourth-order valence-corrected chi connectivity index (χ4v) is 4.09. The van der Waals surface area contributed by atoms with E-state index in [9.17, 15) is 13.5 Å². The maximum absolute atomic E-state index is 11.2. The van der Waals surface area contributed by atoms with E-state index >= 15 is 0 Å². The second-order valence-corrected chi connectivity index (χ2v) is 6.19. The Kier molecular flexibility index (Phi) is 2.13. The van der Waals surface area contributed by atoms with Gasteiger partial charge in [0, 0.05) is 12.5 Å². The molecule has 0 radical (unpaired) electrons. The Morgan fingerprint density at radius 1 is 1.46 bits per heavy atom. The molecule has 0 spiro atoms. The van der Waals surface area contributed by atoms with E-state index in [1.165, 1.54) is 0 Å². The Labute approximate surface area is 77.8 Å². The summed E-state index contributed by atoms with van der Waals surface area (Å²) in [5.41, 5.74) is -1.00. The first-order valence-corrected chi connectivity index (χ1v) is 6.35. The van der Waals surface area contributed by atoms with Gasteiger partial charge in [0.05, 0.1) is 23.7 Å². The van der Waals surface area contributed by atoms with Crippen LogP contribution in [0.5, 0.6) is 0 Å². The van der Waals surface area contributed by atoms with Gasteiger partial charge in [-0.1, -0.05) is 0 Å². The lowest BCUT2D eigenvalue weighted by atomic mass is 9.86. The predicted octanol–water partition coefficient (Wildman–Crippen LogP) is -0.427. The van der Waals surface area contributed by atoms with Crippen LogP contribution in [0.1, 0.15) is 12.8 Å². The third-order valence-corrected chi connectivity index (χ3v) is 4.77. The van der Waals surface area contributed by atoms with Gasteiger partial charge in [0.15, 0.2) is 9.84 Å². The molecule has 0 aromatic rings. The average Bonchev–Trinajstić information content (AvgIpc) is 2.58. The molecule has 2 unspecified atom stereocenters. The summed E-state index contributed by atoms with van der Waals surface area (Å²) in [6.45, 7) is 1.15.